The van der Waals surface area contributed by atoms with Gasteiger partial charge in [0.25, 0.3) is 0 Å². The van der Waals surface area contributed by atoms with E-state index in [0.717, 1.165) is 16.6 Å². The van der Waals surface area contributed by atoms with Crippen molar-refractivity contribution >= 4 is 17.0 Å². The van der Waals surface area contributed by atoms with Gasteiger partial charge in [0.15, 0.2) is 5.75 Å². The SMILES string of the molecule is COc1ccc(C(=O)Oc2ccc(C)cc2-n2nc3ccccc3n2)cc1. The molecule has 0 atom stereocenters. The van der Waals surface area contributed by atoms with Gasteiger partial charge < -0.3 is 9.47 Å². The second-order valence-corrected chi connectivity index (χ2v) is 6.07. The number of aryl methyl sites for hydroxylation is 1. The predicted octanol–water partition coefficient (Wildman–Crippen LogP) is 3.96. The van der Waals surface area contributed by atoms with E-state index in [1.807, 2.05) is 43.3 Å². The van der Waals surface area contributed by atoms with E-state index in [4.69, 9.17) is 9.47 Å². The van der Waals surface area contributed by atoms with Crippen LogP contribution in [0.4, 0.5) is 0 Å². The van der Waals surface area contributed by atoms with Crippen LogP contribution >= 0.6 is 0 Å². The standard InChI is InChI=1S/C21H17N3O3/c1-14-7-12-20(27-21(25)15-8-10-16(26-2)11-9-15)19(13-14)24-22-17-5-3-4-6-18(17)23-24/h3-13H,1-2H3. The zero-order valence-corrected chi connectivity index (χ0v) is 14.9. The molecule has 1 aromatic heterocycles. The summed E-state index contributed by atoms with van der Waals surface area (Å²) in [4.78, 5) is 14.0. The van der Waals surface area contributed by atoms with Crippen molar-refractivity contribution in [2.24, 2.45) is 0 Å². The van der Waals surface area contributed by atoms with E-state index in [1.54, 1.807) is 37.4 Å². The molecule has 0 saturated carbocycles. The van der Waals surface area contributed by atoms with E-state index in [-0.39, 0.29) is 0 Å². The van der Waals surface area contributed by atoms with Crippen LogP contribution in [0.15, 0.2) is 66.7 Å². The summed E-state index contributed by atoms with van der Waals surface area (Å²) in [5.41, 5.74) is 3.59. The van der Waals surface area contributed by atoms with Crippen molar-refractivity contribution in [3.8, 4) is 17.2 Å². The van der Waals surface area contributed by atoms with Crippen molar-refractivity contribution in [2.75, 3.05) is 7.11 Å². The molecule has 4 aromatic rings. The number of nitrogens with zero attached hydrogens (tertiary/aromatic N) is 3. The maximum absolute atomic E-state index is 12.5. The van der Waals surface area contributed by atoms with E-state index in [2.05, 4.69) is 10.2 Å². The summed E-state index contributed by atoms with van der Waals surface area (Å²) in [6.07, 6.45) is 0. The molecule has 134 valence electrons. The highest BCUT2D eigenvalue weighted by Crippen LogP contribution is 2.25. The summed E-state index contributed by atoms with van der Waals surface area (Å²) in [6.45, 7) is 1.96. The van der Waals surface area contributed by atoms with Gasteiger partial charge >= 0.3 is 5.97 Å². The average molecular weight is 359 g/mol. The lowest BCUT2D eigenvalue weighted by Gasteiger charge is -2.10. The fraction of sp³-hybridized carbons (Fsp3) is 0.0952. The number of aromatic nitrogens is 3. The summed E-state index contributed by atoms with van der Waals surface area (Å²) >= 11 is 0. The van der Waals surface area contributed by atoms with Crippen LogP contribution in [0.1, 0.15) is 15.9 Å². The van der Waals surface area contributed by atoms with Gasteiger partial charge in [0.05, 0.1) is 12.7 Å². The summed E-state index contributed by atoms with van der Waals surface area (Å²) in [5, 5.41) is 8.97. The van der Waals surface area contributed by atoms with Gasteiger partial charge in [-0.1, -0.05) is 18.2 Å². The quantitative estimate of drug-likeness (QED) is 0.408. The molecule has 6 nitrogen and oxygen atoms in total. The van der Waals surface area contributed by atoms with Crippen LogP contribution in [0.3, 0.4) is 0 Å². The van der Waals surface area contributed by atoms with Crippen molar-refractivity contribution in [1.82, 2.24) is 15.0 Å². The Kier molecular flexibility index (Phi) is 4.30. The van der Waals surface area contributed by atoms with Crippen molar-refractivity contribution in [3.63, 3.8) is 0 Å². The van der Waals surface area contributed by atoms with Crippen LogP contribution in [0, 0.1) is 6.92 Å². The van der Waals surface area contributed by atoms with Gasteiger partial charge in [-0.25, -0.2) is 4.79 Å². The third-order valence-corrected chi connectivity index (χ3v) is 4.14. The van der Waals surface area contributed by atoms with Gasteiger partial charge in [0.2, 0.25) is 0 Å². The van der Waals surface area contributed by atoms with Gasteiger partial charge in [0.1, 0.15) is 22.5 Å². The van der Waals surface area contributed by atoms with Gasteiger partial charge in [0, 0.05) is 0 Å². The minimum absolute atomic E-state index is 0.390. The zero-order chi connectivity index (χ0) is 18.8. The Hall–Kier alpha value is -3.67. The van der Waals surface area contributed by atoms with E-state index in [9.17, 15) is 4.79 Å². The fourth-order valence-electron chi connectivity index (χ4n) is 2.72. The maximum Gasteiger partial charge on any atom is 0.343 e. The number of methoxy groups -OCH3 is 1. The van der Waals surface area contributed by atoms with Gasteiger partial charge in [-0.3, -0.25) is 0 Å². The van der Waals surface area contributed by atoms with E-state index in [1.165, 1.54) is 4.80 Å². The number of carbonyl (C=O) groups excluding carboxylic acids is 1. The highest BCUT2D eigenvalue weighted by atomic mass is 16.5. The molecule has 0 radical (unpaired) electrons. The molecule has 0 fully saturated rings. The Bertz CT molecular complexity index is 1080. The largest absolute Gasteiger partial charge is 0.497 e. The molecule has 0 amide bonds. The maximum atomic E-state index is 12.5. The lowest BCUT2D eigenvalue weighted by atomic mass is 10.2. The van der Waals surface area contributed by atoms with E-state index in [0.29, 0.717) is 22.7 Å². The first-order valence-corrected chi connectivity index (χ1v) is 8.43. The van der Waals surface area contributed by atoms with Crippen LogP contribution in [0.2, 0.25) is 0 Å². The van der Waals surface area contributed by atoms with E-state index < -0.39 is 5.97 Å². The molecule has 0 aliphatic carbocycles. The van der Waals surface area contributed by atoms with E-state index >= 15 is 0 Å². The number of rotatable bonds is 4. The molecule has 3 aromatic carbocycles. The number of ether oxygens (including phenoxy) is 2. The molecule has 0 spiro atoms. The number of hydrogen-bond donors (Lipinski definition) is 0. The first kappa shape index (κ1) is 16.8. The molecule has 0 unspecified atom stereocenters. The van der Waals surface area contributed by atoms with Crippen LogP contribution in [0.5, 0.6) is 11.5 Å². The summed E-state index contributed by atoms with van der Waals surface area (Å²) < 4.78 is 10.7. The zero-order valence-electron chi connectivity index (χ0n) is 14.9. The third kappa shape index (κ3) is 3.37. The van der Waals surface area contributed by atoms with Crippen LogP contribution < -0.4 is 9.47 Å². The Morgan fingerprint density at radius 1 is 0.926 bits per heavy atom. The molecule has 6 heteroatoms. The molecule has 0 saturated heterocycles. The fourth-order valence-corrected chi connectivity index (χ4v) is 2.72. The molecular formula is C21H17N3O3. The molecule has 0 N–H and O–H groups in total. The highest BCUT2D eigenvalue weighted by Gasteiger charge is 2.15. The Labute approximate surface area is 156 Å². The Balaban J connectivity index is 1.69. The van der Waals surface area contributed by atoms with Crippen LogP contribution in [-0.4, -0.2) is 28.1 Å². The first-order chi connectivity index (χ1) is 13.1. The normalized spacial score (nSPS) is 10.7. The number of benzene rings is 3. The second-order valence-electron chi connectivity index (χ2n) is 6.07. The lowest BCUT2D eigenvalue weighted by molar-refractivity contribution is 0.0734. The van der Waals surface area contributed by atoms with Crippen molar-refractivity contribution in [3.05, 3.63) is 77.9 Å². The molecule has 27 heavy (non-hydrogen) atoms. The number of hydrogen-bond acceptors (Lipinski definition) is 5. The molecule has 0 bridgehead atoms. The highest BCUT2D eigenvalue weighted by molar-refractivity contribution is 5.91. The summed E-state index contributed by atoms with van der Waals surface area (Å²) in [6, 6.07) is 19.9. The van der Waals surface area contributed by atoms with Crippen LogP contribution in [0.25, 0.3) is 16.7 Å². The molecule has 0 aliphatic heterocycles. The molecule has 4 rings (SSSR count). The molecular weight excluding hydrogens is 342 g/mol. The minimum atomic E-state index is -0.459. The average Bonchev–Trinajstić information content (AvgIpc) is 3.13. The number of fused-ring (bicyclic) bond motifs is 1. The van der Waals surface area contributed by atoms with Crippen molar-refractivity contribution < 1.29 is 14.3 Å². The Morgan fingerprint density at radius 3 is 2.22 bits per heavy atom. The third-order valence-electron chi connectivity index (χ3n) is 4.14. The molecule has 0 aliphatic rings. The molecule has 1 heterocycles. The monoisotopic (exact) mass is 359 g/mol. The Morgan fingerprint density at radius 2 is 1.59 bits per heavy atom. The smallest absolute Gasteiger partial charge is 0.343 e. The minimum Gasteiger partial charge on any atom is -0.497 e. The summed E-state index contributed by atoms with van der Waals surface area (Å²) in [5.74, 6) is 0.608. The van der Waals surface area contributed by atoms with Gasteiger partial charge in [-0.15, -0.1) is 15.0 Å². The first-order valence-electron chi connectivity index (χ1n) is 8.43. The number of carbonyl (C=O) groups is 1. The van der Waals surface area contributed by atoms with Crippen LogP contribution in [-0.2, 0) is 0 Å². The second kappa shape index (κ2) is 6.92. The topological polar surface area (TPSA) is 66.2 Å². The van der Waals surface area contributed by atoms with Crippen molar-refractivity contribution in [1.29, 1.82) is 0 Å². The number of esters is 1. The van der Waals surface area contributed by atoms with Gasteiger partial charge in [-0.05, 0) is 61.0 Å². The summed E-state index contributed by atoms with van der Waals surface area (Å²) in [7, 11) is 1.58. The predicted molar refractivity (Wildman–Crippen MR) is 102 cm³/mol. The lowest BCUT2D eigenvalue weighted by Crippen LogP contribution is -2.11. The van der Waals surface area contributed by atoms with Gasteiger partial charge in [-0.2, -0.15) is 0 Å². The van der Waals surface area contributed by atoms with Crippen molar-refractivity contribution in [2.45, 2.75) is 6.92 Å².